The van der Waals surface area contributed by atoms with Crippen molar-refractivity contribution in [3.05, 3.63) is 143 Å². The summed E-state index contributed by atoms with van der Waals surface area (Å²) in [6, 6.07) is 37.5. The fourth-order valence-electron chi connectivity index (χ4n) is 4.28. The lowest BCUT2D eigenvalue weighted by Crippen LogP contribution is -1.98. The molecule has 34 heavy (non-hydrogen) atoms. The second kappa shape index (κ2) is 12.0. The maximum absolute atomic E-state index is 2.30. The summed E-state index contributed by atoms with van der Waals surface area (Å²) in [5.74, 6) is 0.521. The summed E-state index contributed by atoms with van der Waals surface area (Å²) in [6.45, 7) is 4.37. The van der Waals surface area contributed by atoms with Gasteiger partial charge in [0.05, 0.1) is 0 Å². The summed E-state index contributed by atoms with van der Waals surface area (Å²) >= 11 is 0. The second-order valence-corrected chi connectivity index (χ2v) is 9.02. The molecule has 4 aromatic carbocycles. The summed E-state index contributed by atoms with van der Waals surface area (Å²) in [6.07, 6.45) is 12.0. The zero-order valence-electron chi connectivity index (χ0n) is 20.3. The zero-order valence-corrected chi connectivity index (χ0v) is 20.3. The standard InChI is InChI=1S/C34H34/c1-3-4-6-9-28-12-14-29(15-13-28)16-17-30-18-22-33(23-19-30)34-24-20-31(21-25-34)26-27(2)32-10-7-5-8-11-32/h3-5,7-8,10-25,27H,6,9,26H2,1-2H3/t27-/m0/s1. The summed E-state index contributed by atoms with van der Waals surface area (Å²) in [5, 5.41) is 0. The molecule has 0 aromatic heterocycles. The summed E-state index contributed by atoms with van der Waals surface area (Å²) in [4.78, 5) is 0. The van der Waals surface area contributed by atoms with Crippen molar-refractivity contribution >= 4 is 12.2 Å². The Kier molecular flexibility index (Phi) is 8.30. The molecule has 0 bridgehead atoms. The van der Waals surface area contributed by atoms with Crippen LogP contribution in [0.25, 0.3) is 23.3 Å². The molecule has 0 unspecified atom stereocenters. The molecule has 0 fully saturated rings. The van der Waals surface area contributed by atoms with Gasteiger partial charge in [0.15, 0.2) is 0 Å². The van der Waals surface area contributed by atoms with Crippen LogP contribution in [0.3, 0.4) is 0 Å². The van der Waals surface area contributed by atoms with E-state index in [1.165, 1.54) is 38.9 Å². The van der Waals surface area contributed by atoms with Gasteiger partial charge in [-0.15, -0.1) is 0 Å². The number of aryl methyl sites for hydroxylation is 1. The first kappa shape index (κ1) is 23.5. The van der Waals surface area contributed by atoms with Crippen molar-refractivity contribution < 1.29 is 0 Å². The van der Waals surface area contributed by atoms with Gasteiger partial charge in [0.1, 0.15) is 0 Å². The fourth-order valence-corrected chi connectivity index (χ4v) is 4.28. The minimum absolute atomic E-state index is 0.521. The van der Waals surface area contributed by atoms with E-state index in [9.17, 15) is 0 Å². The van der Waals surface area contributed by atoms with E-state index >= 15 is 0 Å². The minimum atomic E-state index is 0.521. The summed E-state index contributed by atoms with van der Waals surface area (Å²) in [7, 11) is 0. The largest absolute Gasteiger partial charge is 0.0917 e. The van der Waals surface area contributed by atoms with E-state index in [0.29, 0.717) is 5.92 Å². The maximum Gasteiger partial charge on any atom is -0.0150 e. The van der Waals surface area contributed by atoms with E-state index in [2.05, 4.69) is 141 Å². The van der Waals surface area contributed by atoms with E-state index < -0.39 is 0 Å². The summed E-state index contributed by atoms with van der Waals surface area (Å²) < 4.78 is 0. The van der Waals surface area contributed by atoms with Crippen LogP contribution in [-0.2, 0) is 12.8 Å². The molecule has 0 heterocycles. The highest BCUT2D eigenvalue weighted by Gasteiger charge is 2.06. The van der Waals surface area contributed by atoms with E-state index in [1.54, 1.807) is 0 Å². The summed E-state index contributed by atoms with van der Waals surface area (Å²) in [5.41, 5.74) is 9.14. The first-order valence-corrected chi connectivity index (χ1v) is 12.3. The van der Waals surface area contributed by atoms with Crippen LogP contribution in [0.4, 0.5) is 0 Å². The Morgan fingerprint density at radius 3 is 1.74 bits per heavy atom. The minimum Gasteiger partial charge on any atom is -0.0917 e. The van der Waals surface area contributed by atoms with Gasteiger partial charge in [0.2, 0.25) is 0 Å². The van der Waals surface area contributed by atoms with Gasteiger partial charge in [-0.1, -0.05) is 134 Å². The molecule has 0 N–H and O–H groups in total. The topological polar surface area (TPSA) is 0 Å². The van der Waals surface area contributed by atoms with E-state index in [0.717, 1.165) is 19.3 Å². The molecule has 0 aliphatic carbocycles. The average Bonchev–Trinajstić information content (AvgIpc) is 2.90. The number of allylic oxidation sites excluding steroid dienone is 2. The highest BCUT2D eigenvalue weighted by atomic mass is 14.1. The van der Waals surface area contributed by atoms with Crippen LogP contribution < -0.4 is 0 Å². The third-order valence-electron chi connectivity index (χ3n) is 6.39. The second-order valence-electron chi connectivity index (χ2n) is 9.02. The molecule has 0 amide bonds. The van der Waals surface area contributed by atoms with Crippen molar-refractivity contribution in [1.29, 1.82) is 0 Å². The molecular formula is C34H34. The van der Waals surface area contributed by atoms with Crippen LogP contribution in [0.15, 0.2) is 115 Å². The number of benzene rings is 4. The normalized spacial score (nSPS) is 12.4. The van der Waals surface area contributed by atoms with E-state index in [4.69, 9.17) is 0 Å². The van der Waals surface area contributed by atoms with Crippen LogP contribution >= 0.6 is 0 Å². The predicted octanol–water partition coefficient (Wildman–Crippen LogP) is 9.38. The number of hydrogen-bond acceptors (Lipinski definition) is 0. The van der Waals surface area contributed by atoms with Crippen molar-refractivity contribution in [2.45, 2.75) is 39.0 Å². The Morgan fingerprint density at radius 2 is 1.15 bits per heavy atom. The Labute approximate surface area is 205 Å². The Bertz CT molecular complexity index is 1190. The van der Waals surface area contributed by atoms with Gasteiger partial charge in [0.25, 0.3) is 0 Å². The Morgan fingerprint density at radius 1 is 0.618 bits per heavy atom. The molecule has 0 saturated carbocycles. The van der Waals surface area contributed by atoms with Crippen molar-refractivity contribution in [2.24, 2.45) is 0 Å². The molecule has 4 rings (SSSR count). The third-order valence-corrected chi connectivity index (χ3v) is 6.39. The highest BCUT2D eigenvalue weighted by molar-refractivity contribution is 5.72. The molecule has 0 saturated heterocycles. The first-order chi connectivity index (χ1) is 16.7. The van der Waals surface area contributed by atoms with Gasteiger partial charge in [-0.05, 0) is 71.0 Å². The lowest BCUT2D eigenvalue weighted by atomic mass is 9.93. The molecule has 4 aromatic rings. The van der Waals surface area contributed by atoms with Crippen molar-refractivity contribution in [3.63, 3.8) is 0 Å². The van der Waals surface area contributed by atoms with Gasteiger partial charge in [0, 0.05) is 0 Å². The van der Waals surface area contributed by atoms with E-state index in [-0.39, 0.29) is 0 Å². The van der Waals surface area contributed by atoms with Crippen LogP contribution in [0, 0.1) is 0 Å². The van der Waals surface area contributed by atoms with Gasteiger partial charge in [-0.3, -0.25) is 0 Å². The molecule has 0 aliphatic rings. The Hall–Kier alpha value is -3.64. The molecule has 170 valence electrons. The van der Waals surface area contributed by atoms with E-state index in [1.807, 2.05) is 0 Å². The first-order valence-electron chi connectivity index (χ1n) is 12.3. The van der Waals surface area contributed by atoms with Gasteiger partial charge in [-0.25, -0.2) is 0 Å². The number of rotatable bonds is 9. The lowest BCUT2D eigenvalue weighted by molar-refractivity contribution is 0.759. The van der Waals surface area contributed by atoms with Gasteiger partial charge in [-0.2, -0.15) is 0 Å². The van der Waals surface area contributed by atoms with Gasteiger partial charge < -0.3 is 0 Å². The van der Waals surface area contributed by atoms with Crippen molar-refractivity contribution in [3.8, 4) is 11.1 Å². The van der Waals surface area contributed by atoms with Crippen molar-refractivity contribution in [2.75, 3.05) is 0 Å². The number of hydrogen-bond donors (Lipinski definition) is 0. The highest BCUT2D eigenvalue weighted by Crippen LogP contribution is 2.24. The van der Waals surface area contributed by atoms with Crippen LogP contribution in [0.5, 0.6) is 0 Å². The molecule has 0 spiro atoms. The predicted molar refractivity (Wildman–Crippen MR) is 149 cm³/mol. The monoisotopic (exact) mass is 442 g/mol. The SMILES string of the molecule is CC=CCCc1ccc(C=Cc2ccc(-c3ccc(C[C@H](C)c4ccccc4)cc3)cc2)cc1. The average molecular weight is 443 g/mol. The maximum atomic E-state index is 2.30. The molecule has 0 aliphatic heterocycles. The third kappa shape index (κ3) is 6.68. The quantitative estimate of drug-likeness (QED) is 0.179. The van der Waals surface area contributed by atoms with Crippen LogP contribution in [0.1, 0.15) is 54.0 Å². The van der Waals surface area contributed by atoms with Crippen LogP contribution in [-0.4, -0.2) is 0 Å². The molecule has 1 atom stereocenters. The van der Waals surface area contributed by atoms with Crippen molar-refractivity contribution in [1.82, 2.24) is 0 Å². The molecule has 0 radical (unpaired) electrons. The van der Waals surface area contributed by atoms with Gasteiger partial charge >= 0.3 is 0 Å². The zero-order chi connectivity index (χ0) is 23.6. The molecule has 0 nitrogen and oxygen atoms in total. The Balaban J connectivity index is 1.35. The molecular weight excluding hydrogens is 408 g/mol. The lowest BCUT2D eigenvalue weighted by Gasteiger charge is -2.12. The fraction of sp³-hybridized carbons (Fsp3) is 0.176. The van der Waals surface area contributed by atoms with Crippen LogP contribution in [0.2, 0.25) is 0 Å². The smallest absolute Gasteiger partial charge is 0.0150 e. The molecule has 0 heteroatoms.